The van der Waals surface area contributed by atoms with Crippen LogP contribution in [0, 0.1) is 6.92 Å². The lowest BCUT2D eigenvalue weighted by Gasteiger charge is -2.24. The Morgan fingerprint density at radius 3 is 2.25 bits per heavy atom. The number of hydrogen-bond donors (Lipinski definition) is 0. The Morgan fingerprint density at radius 2 is 1.75 bits per heavy atom. The van der Waals surface area contributed by atoms with Crippen LogP contribution in [-0.2, 0) is 9.05 Å². The highest BCUT2D eigenvalue weighted by Gasteiger charge is 2.23. The second-order valence-corrected chi connectivity index (χ2v) is 8.82. The van der Waals surface area contributed by atoms with Gasteiger partial charge in [0.15, 0.2) is 0 Å². The predicted octanol–water partition coefficient (Wildman–Crippen LogP) is 3.39. The summed E-state index contributed by atoms with van der Waals surface area (Å²) in [6.07, 6.45) is 5.55. The number of halogens is 1. The number of carbonyl (C=O) groups is 1. The molecule has 1 amide bonds. The number of rotatable bonds is 2. The lowest BCUT2D eigenvalue weighted by atomic mass is 10.1. The van der Waals surface area contributed by atoms with Gasteiger partial charge in [-0.3, -0.25) is 4.79 Å². The van der Waals surface area contributed by atoms with Gasteiger partial charge < -0.3 is 4.90 Å². The van der Waals surface area contributed by atoms with Crippen molar-refractivity contribution in [3.8, 4) is 0 Å². The molecule has 1 saturated heterocycles. The van der Waals surface area contributed by atoms with Gasteiger partial charge in [0.05, 0.1) is 9.77 Å². The molecule has 0 aliphatic carbocycles. The molecule has 1 fully saturated rings. The van der Waals surface area contributed by atoms with E-state index < -0.39 is 9.05 Å². The first-order valence-electron chi connectivity index (χ1n) is 6.74. The van der Waals surface area contributed by atoms with E-state index in [2.05, 4.69) is 0 Å². The summed E-state index contributed by atoms with van der Waals surface area (Å²) in [6.45, 7) is 3.17. The molecule has 1 aromatic heterocycles. The fraction of sp³-hybridized carbons (Fsp3) is 0.615. The lowest BCUT2D eigenvalue weighted by Crippen LogP contribution is -2.33. The summed E-state index contributed by atoms with van der Waals surface area (Å²) in [5.41, 5.74) is 0. The topological polar surface area (TPSA) is 54.5 Å². The van der Waals surface area contributed by atoms with Crippen LogP contribution in [0.3, 0.4) is 0 Å². The van der Waals surface area contributed by atoms with Gasteiger partial charge >= 0.3 is 0 Å². The first-order valence-corrected chi connectivity index (χ1v) is 9.86. The van der Waals surface area contributed by atoms with E-state index in [0.717, 1.165) is 38.8 Å². The number of thiophene rings is 1. The SMILES string of the molecule is Cc1sc(C(=O)N2CCCCCCC2)cc1S(=O)(=O)Cl. The van der Waals surface area contributed by atoms with E-state index >= 15 is 0 Å². The number of hydrogen-bond acceptors (Lipinski definition) is 4. The van der Waals surface area contributed by atoms with Gasteiger partial charge in [-0.2, -0.15) is 0 Å². The summed E-state index contributed by atoms with van der Waals surface area (Å²) in [7, 11) is 1.59. The third kappa shape index (κ3) is 3.74. The van der Waals surface area contributed by atoms with Crippen molar-refractivity contribution in [2.45, 2.75) is 43.9 Å². The monoisotopic (exact) mass is 335 g/mol. The summed E-state index contributed by atoms with van der Waals surface area (Å²) in [6, 6.07) is 1.41. The van der Waals surface area contributed by atoms with Gasteiger partial charge in [-0.05, 0) is 25.8 Å². The van der Waals surface area contributed by atoms with Gasteiger partial charge in [0, 0.05) is 28.6 Å². The van der Waals surface area contributed by atoms with Crippen LogP contribution in [0.2, 0.25) is 0 Å². The van der Waals surface area contributed by atoms with Crippen molar-refractivity contribution in [2.75, 3.05) is 13.1 Å². The van der Waals surface area contributed by atoms with Crippen molar-refractivity contribution in [3.63, 3.8) is 0 Å². The first-order chi connectivity index (χ1) is 9.39. The van der Waals surface area contributed by atoms with Crippen LogP contribution >= 0.6 is 22.0 Å². The molecular formula is C13H18ClNO3S2. The molecule has 112 valence electrons. The lowest BCUT2D eigenvalue weighted by molar-refractivity contribution is 0.0747. The first kappa shape index (κ1) is 15.8. The van der Waals surface area contributed by atoms with Crippen molar-refractivity contribution in [2.24, 2.45) is 0 Å². The van der Waals surface area contributed by atoms with Gasteiger partial charge in [-0.25, -0.2) is 8.42 Å². The maximum Gasteiger partial charge on any atom is 0.263 e. The fourth-order valence-electron chi connectivity index (χ4n) is 2.42. The van der Waals surface area contributed by atoms with Crippen LogP contribution in [0.25, 0.3) is 0 Å². The van der Waals surface area contributed by atoms with E-state index in [0.29, 0.717) is 9.75 Å². The van der Waals surface area contributed by atoms with Crippen LogP contribution in [0.15, 0.2) is 11.0 Å². The summed E-state index contributed by atoms with van der Waals surface area (Å²) in [5, 5.41) is 0. The van der Waals surface area contributed by atoms with Gasteiger partial charge in [0.25, 0.3) is 15.0 Å². The number of aryl methyl sites for hydroxylation is 1. The molecule has 0 aromatic carbocycles. The van der Waals surface area contributed by atoms with Crippen molar-refractivity contribution >= 4 is 37.0 Å². The molecule has 1 aromatic rings. The third-order valence-electron chi connectivity index (χ3n) is 3.49. The Bertz CT molecular complexity index is 587. The Balaban J connectivity index is 2.20. The average Bonchev–Trinajstić information content (AvgIpc) is 2.70. The fourth-order valence-corrected chi connectivity index (χ4v) is 5.05. The van der Waals surface area contributed by atoms with E-state index in [1.807, 2.05) is 4.90 Å². The second kappa shape index (κ2) is 6.45. The molecule has 0 unspecified atom stereocenters. The minimum Gasteiger partial charge on any atom is -0.338 e. The standard InChI is InChI=1S/C13H18ClNO3S2/c1-10-12(20(14,17)18)9-11(19-10)13(16)15-7-5-3-2-4-6-8-15/h9H,2-8H2,1H3. The number of carbonyl (C=O) groups excluding carboxylic acids is 1. The average molecular weight is 336 g/mol. The molecule has 2 heterocycles. The molecule has 0 spiro atoms. The number of nitrogens with zero attached hydrogens (tertiary/aromatic N) is 1. The van der Waals surface area contributed by atoms with Gasteiger partial charge in [-0.15, -0.1) is 11.3 Å². The highest BCUT2D eigenvalue weighted by Crippen LogP contribution is 2.29. The number of amides is 1. The Kier molecular flexibility index (Phi) is 5.09. The molecule has 0 atom stereocenters. The summed E-state index contributed by atoms with van der Waals surface area (Å²) in [5.74, 6) is -0.0773. The minimum absolute atomic E-state index is 0.0551. The molecule has 7 heteroatoms. The van der Waals surface area contributed by atoms with Gasteiger partial charge in [0.1, 0.15) is 0 Å². The molecule has 0 N–H and O–H groups in total. The van der Waals surface area contributed by atoms with E-state index in [-0.39, 0.29) is 10.8 Å². The Labute approximate surface area is 128 Å². The maximum atomic E-state index is 12.5. The molecular weight excluding hydrogens is 318 g/mol. The van der Waals surface area contributed by atoms with Gasteiger partial charge in [0.2, 0.25) is 0 Å². The van der Waals surface area contributed by atoms with Crippen LogP contribution < -0.4 is 0 Å². The van der Waals surface area contributed by atoms with Crippen molar-refractivity contribution < 1.29 is 13.2 Å². The summed E-state index contributed by atoms with van der Waals surface area (Å²) in [4.78, 5) is 15.4. The van der Waals surface area contributed by atoms with E-state index in [9.17, 15) is 13.2 Å². The van der Waals surface area contributed by atoms with E-state index in [1.54, 1.807) is 6.92 Å². The van der Waals surface area contributed by atoms with E-state index in [1.165, 1.54) is 23.8 Å². The molecule has 4 nitrogen and oxygen atoms in total. The zero-order chi connectivity index (χ0) is 14.8. The van der Waals surface area contributed by atoms with Crippen molar-refractivity contribution in [3.05, 3.63) is 15.8 Å². The Hall–Kier alpha value is -0.590. The summed E-state index contributed by atoms with van der Waals surface area (Å²) < 4.78 is 22.8. The molecule has 1 aliphatic rings. The Morgan fingerprint density at radius 1 is 1.20 bits per heavy atom. The number of likely N-dealkylation sites (tertiary alicyclic amines) is 1. The summed E-state index contributed by atoms with van der Waals surface area (Å²) >= 11 is 1.20. The zero-order valence-corrected chi connectivity index (χ0v) is 13.8. The molecule has 1 aliphatic heterocycles. The molecule has 20 heavy (non-hydrogen) atoms. The quantitative estimate of drug-likeness (QED) is 0.778. The maximum absolute atomic E-state index is 12.5. The highest BCUT2D eigenvalue weighted by molar-refractivity contribution is 8.13. The van der Waals surface area contributed by atoms with Gasteiger partial charge in [-0.1, -0.05) is 19.3 Å². The van der Waals surface area contributed by atoms with Crippen LogP contribution in [0.5, 0.6) is 0 Å². The zero-order valence-electron chi connectivity index (χ0n) is 11.4. The van der Waals surface area contributed by atoms with Crippen LogP contribution in [0.4, 0.5) is 0 Å². The molecule has 0 bridgehead atoms. The minimum atomic E-state index is -3.78. The van der Waals surface area contributed by atoms with Crippen molar-refractivity contribution in [1.82, 2.24) is 4.90 Å². The highest BCUT2D eigenvalue weighted by atomic mass is 35.7. The van der Waals surface area contributed by atoms with Crippen LogP contribution in [-0.4, -0.2) is 32.3 Å². The molecule has 2 rings (SSSR count). The van der Waals surface area contributed by atoms with Crippen LogP contribution in [0.1, 0.15) is 46.7 Å². The largest absolute Gasteiger partial charge is 0.338 e. The third-order valence-corrected chi connectivity index (χ3v) is 6.10. The molecule has 0 saturated carbocycles. The van der Waals surface area contributed by atoms with E-state index in [4.69, 9.17) is 10.7 Å². The van der Waals surface area contributed by atoms with Crippen molar-refractivity contribution in [1.29, 1.82) is 0 Å². The predicted molar refractivity (Wildman–Crippen MR) is 81.1 cm³/mol. The normalized spacial score (nSPS) is 17.6. The smallest absolute Gasteiger partial charge is 0.263 e. The molecule has 0 radical (unpaired) electrons. The second-order valence-electron chi connectivity index (χ2n) is 5.03.